The predicted molar refractivity (Wildman–Crippen MR) is 32.1 cm³/mol. The minimum Gasteiger partial charge on any atom is -0.810 e. The van der Waals surface area contributed by atoms with Gasteiger partial charge < -0.3 is 19.5 Å². The molecule has 0 saturated heterocycles. The maximum Gasteiger partial charge on any atom is 0.0674 e. The van der Waals surface area contributed by atoms with Crippen LogP contribution in [0.25, 0.3) is 0 Å². The fourth-order valence-corrected chi connectivity index (χ4v) is 0.793. The van der Waals surface area contributed by atoms with Gasteiger partial charge in [0.1, 0.15) is 0 Å². The van der Waals surface area contributed by atoms with Gasteiger partial charge in [-0.3, -0.25) is 0 Å². The Morgan fingerprint density at radius 2 is 2.00 bits per heavy atom. The molecular formula is C3H7O4PS-2. The van der Waals surface area contributed by atoms with Crippen LogP contribution in [0.4, 0.5) is 0 Å². The Bertz CT molecular complexity index is 130. The van der Waals surface area contributed by atoms with Crippen molar-refractivity contribution < 1.29 is 19.5 Å². The van der Waals surface area contributed by atoms with Crippen LogP contribution in [-0.2, 0) is 4.57 Å². The van der Waals surface area contributed by atoms with E-state index in [-0.39, 0.29) is 0 Å². The summed E-state index contributed by atoms with van der Waals surface area (Å²) in [5.74, 6) is 0. The average Bonchev–Trinajstić information content (AvgIpc) is 1.62. The Labute approximate surface area is 58.5 Å². The van der Waals surface area contributed by atoms with E-state index in [4.69, 9.17) is 5.11 Å². The molecule has 0 amide bonds. The van der Waals surface area contributed by atoms with Crippen LogP contribution in [0.2, 0.25) is 0 Å². The normalized spacial score (nSPS) is 19.2. The van der Waals surface area contributed by atoms with Crippen molar-refractivity contribution in [3.63, 3.8) is 0 Å². The molecule has 6 heteroatoms. The first-order valence-corrected chi connectivity index (χ1v) is 4.36. The van der Waals surface area contributed by atoms with Crippen molar-refractivity contribution in [2.24, 2.45) is 0 Å². The van der Waals surface area contributed by atoms with Crippen LogP contribution in [0.15, 0.2) is 0 Å². The molecule has 0 spiro atoms. The van der Waals surface area contributed by atoms with Gasteiger partial charge in [-0.1, -0.05) is 7.60 Å². The van der Waals surface area contributed by atoms with Crippen LogP contribution >= 0.6 is 20.2 Å². The quantitative estimate of drug-likeness (QED) is 0.391. The van der Waals surface area contributed by atoms with E-state index in [1.807, 2.05) is 0 Å². The zero-order chi connectivity index (χ0) is 7.65. The van der Waals surface area contributed by atoms with E-state index in [2.05, 4.69) is 12.6 Å². The minimum atomic E-state index is -4.70. The smallest absolute Gasteiger partial charge is 0.0674 e. The van der Waals surface area contributed by atoms with Gasteiger partial charge in [-0.25, -0.2) is 0 Å². The van der Waals surface area contributed by atoms with Crippen molar-refractivity contribution in [1.82, 2.24) is 0 Å². The summed E-state index contributed by atoms with van der Waals surface area (Å²) in [6, 6.07) is 0. The molecule has 0 unspecified atom stereocenters. The summed E-state index contributed by atoms with van der Waals surface area (Å²) >= 11 is 3.37. The number of aliphatic hydroxyl groups is 1. The van der Waals surface area contributed by atoms with Crippen molar-refractivity contribution in [2.45, 2.75) is 18.0 Å². The summed E-state index contributed by atoms with van der Waals surface area (Å²) in [5, 5.41) is 8.51. The molecule has 56 valence electrons. The van der Waals surface area contributed by atoms with Gasteiger partial charge in [-0.2, -0.15) is 12.6 Å². The lowest BCUT2D eigenvalue weighted by atomic mass is 10.5. The molecule has 4 nitrogen and oxygen atoms in total. The third-order valence-electron chi connectivity index (χ3n) is 0.755. The van der Waals surface area contributed by atoms with Gasteiger partial charge in [0.25, 0.3) is 0 Å². The molecule has 0 bridgehead atoms. The number of hydrogen-bond donors (Lipinski definition) is 2. The van der Waals surface area contributed by atoms with Crippen molar-refractivity contribution in [3.8, 4) is 0 Å². The summed E-state index contributed by atoms with van der Waals surface area (Å²) in [4.78, 5) is 18.5. The maximum atomic E-state index is 10.0. The molecule has 0 aromatic rings. The molecule has 0 fully saturated rings. The first-order chi connectivity index (χ1) is 3.85. The molecular weight excluding hydrogens is 163 g/mol. The predicted octanol–water partition coefficient (Wildman–Crippen LogP) is -1.46. The largest absolute Gasteiger partial charge is 0.810 e. The monoisotopic (exact) mass is 170 g/mol. The second-order valence-corrected chi connectivity index (χ2v) is 4.29. The van der Waals surface area contributed by atoms with Gasteiger partial charge >= 0.3 is 0 Å². The Morgan fingerprint density at radius 3 is 2.00 bits per heavy atom. The highest BCUT2D eigenvalue weighted by molar-refractivity contribution is 7.89. The first-order valence-electron chi connectivity index (χ1n) is 2.23. The molecule has 0 aliphatic rings. The van der Waals surface area contributed by atoms with Crippen LogP contribution < -0.4 is 9.79 Å². The number of hydrogen-bond acceptors (Lipinski definition) is 5. The van der Waals surface area contributed by atoms with Crippen molar-refractivity contribution in [2.75, 3.05) is 0 Å². The lowest BCUT2D eigenvalue weighted by Gasteiger charge is -2.36. The number of thiol groups is 1. The highest BCUT2D eigenvalue weighted by Gasteiger charge is 2.12. The molecule has 0 aromatic heterocycles. The van der Waals surface area contributed by atoms with Gasteiger partial charge in [0, 0.05) is 0 Å². The highest BCUT2D eigenvalue weighted by Crippen LogP contribution is 2.35. The van der Waals surface area contributed by atoms with Crippen LogP contribution in [-0.4, -0.2) is 16.2 Å². The molecule has 9 heavy (non-hydrogen) atoms. The van der Waals surface area contributed by atoms with E-state index >= 15 is 0 Å². The van der Waals surface area contributed by atoms with E-state index in [1.165, 1.54) is 6.92 Å². The fourth-order valence-electron chi connectivity index (χ4n) is 0.264. The van der Waals surface area contributed by atoms with E-state index < -0.39 is 18.7 Å². The van der Waals surface area contributed by atoms with E-state index in [1.54, 1.807) is 0 Å². The lowest BCUT2D eigenvalue weighted by Crippen LogP contribution is -2.29. The van der Waals surface area contributed by atoms with Crippen LogP contribution in [0.3, 0.4) is 0 Å². The Kier molecular flexibility index (Phi) is 3.19. The van der Waals surface area contributed by atoms with Gasteiger partial charge in [0.2, 0.25) is 0 Å². The van der Waals surface area contributed by atoms with Gasteiger partial charge in [-0.05, 0) is 6.92 Å². The molecule has 0 saturated carbocycles. The Hall–Kier alpha value is 0.460. The maximum absolute atomic E-state index is 10.0. The van der Waals surface area contributed by atoms with E-state index in [0.717, 1.165) is 0 Å². The lowest BCUT2D eigenvalue weighted by molar-refractivity contribution is -0.315. The van der Waals surface area contributed by atoms with E-state index in [9.17, 15) is 14.4 Å². The minimum absolute atomic E-state index is 1.19. The second-order valence-electron chi connectivity index (χ2n) is 1.69. The SMILES string of the molecule is C[C@H](O)[C@@H](S)P(=O)([O-])[O-]. The summed E-state index contributed by atoms with van der Waals surface area (Å²) < 4.78 is 10.0. The molecule has 0 aliphatic heterocycles. The number of aliphatic hydroxyl groups excluding tert-OH is 1. The van der Waals surface area contributed by atoms with Crippen LogP contribution in [0, 0.1) is 0 Å². The van der Waals surface area contributed by atoms with Crippen LogP contribution in [0.1, 0.15) is 6.92 Å². The summed E-state index contributed by atoms with van der Waals surface area (Å²) in [6.45, 7) is 1.19. The van der Waals surface area contributed by atoms with Crippen LogP contribution in [0.5, 0.6) is 0 Å². The van der Waals surface area contributed by atoms with Crippen molar-refractivity contribution in [3.05, 3.63) is 0 Å². The molecule has 0 rings (SSSR count). The summed E-state index contributed by atoms with van der Waals surface area (Å²) in [7, 11) is -4.70. The zero-order valence-corrected chi connectivity index (χ0v) is 6.51. The third-order valence-corrected chi connectivity index (χ3v) is 3.11. The molecule has 1 N–H and O–H groups in total. The topological polar surface area (TPSA) is 83.4 Å². The van der Waals surface area contributed by atoms with Gasteiger partial charge in [0.05, 0.1) is 11.1 Å². The number of rotatable bonds is 2. The fraction of sp³-hybridized carbons (Fsp3) is 1.00. The average molecular weight is 170 g/mol. The van der Waals surface area contributed by atoms with Gasteiger partial charge in [0.15, 0.2) is 0 Å². The third kappa shape index (κ3) is 3.23. The Balaban J connectivity index is 4.05. The summed E-state index contributed by atoms with van der Waals surface area (Å²) in [6.07, 6.45) is -1.21. The highest BCUT2D eigenvalue weighted by atomic mass is 32.1. The molecule has 0 heterocycles. The van der Waals surface area contributed by atoms with Gasteiger partial charge in [-0.15, -0.1) is 0 Å². The van der Waals surface area contributed by atoms with E-state index in [0.29, 0.717) is 0 Å². The van der Waals surface area contributed by atoms with Crippen molar-refractivity contribution >= 4 is 20.2 Å². The standard InChI is InChI=1S/C3H9O4PS/c1-2(4)3(9)8(5,6)7/h2-4,9H,1H3,(H2,5,6,7)/p-2/t2-,3+/m0/s1. The molecule has 0 aliphatic carbocycles. The molecule has 2 atom stereocenters. The molecule has 0 radical (unpaired) electrons. The molecule has 0 aromatic carbocycles. The second kappa shape index (κ2) is 3.03. The zero-order valence-electron chi connectivity index (χ0n) is 4.72. The van der Waals surface area contributed by atoms with Crippen molar-refractivity contribution in [1.29, 1.82) is 0 Å². The Morgan fingerprint density at radius 1 is 1.67 bits per heavy atom. The first kappa shape index (κ1) is 9.46. The summed E-state index contributed by atoms with van der Waals surface area (Å²) in [5.41, 5.74) is 0.